The summed E-state index contributed by atoms with van der Waals surface area (Å²) in [5, 5.41) is 0. The van der Waals surface area contributed by atoms with E-state index in [1.54, 1.807) is 4.90 Å². The maximum absolute atomic E-state index is 11.8. The minimum Gasteiger partial charge on any atom is -0.341 e. The average molecular weight is 302 g/mol. The first-order chi connectivity index (χ1) is 8.08. The number of hydrogen-bond donors (Lipinski definition) is 1. The zero-order valence-electron chi connectivity index (χ0n) is 9.11. The third kappa shape index (κ3) is 2.66. The van der Waals surface area contributed by atoms with Crippen LogP contribution < -0.4 is 11.2 Å². The van der Waals surface area contributed by atoms with Crippen LogP contribution in [0.25, 0.3) is 0 Å². The molecule has 1 fully saturated rings. The second-order valence-corrected chi connectivity index (χ2v) is 4.81. The number of carbonyl (C=O) groups is 1. The number of aromatic nitrogens is 2. The van der Waals surface area contributed by atoms with Crippen LogP contribution in [-0.2, 0) is 11.3 Å². The number of hydrogen-bond acceptors (Lipinski definition) is 3. The molecule has 2 heterocycles. The van der Waals surface area contributed by atoms with Gasteiger partial charge in [-0.05, 0) is 28.8 Å². The van der Waals surface area contributed by atoms with Crippen LogP contribution in [0.5, 0.6) is 0 Å². The third-order valence-electron chi connectivity index (χ3n) is 2.73. The van der Waals surface area contributed by atoms with Crippen LogP contribution in [0.15, 0.2) is 20.3 Å². The van der Waals surface area contributed by atoms with Crippen molar-refractivity contribution in [3.63, 3.8) is 0 Å². The van der Waals surface area contributed by atoms with E-state index in [0.717, 1.165) is 25.9 Å². The van der Waals surface area contributed by atoms with Gasteiger partial charge >= 0.3 is 5.69 Å². The molecule has 92 valence electrons. The highest BCUT2D eigenvalue weighted by Gasteiger charge is 2.18. The van der Waals surface area contributed by atoms with E-state index < -0.39 is 11.2 Å². The van der Waals surface area contributed by atoms with E-state index in [0.29, 0.717) is 0 Å². The molecule has 1 aromatic heterocycles. The minimum atomic E-state index is -0.564. The lowest BCUT2D eigenvalue weighted by molar-refractivity contribution is -0.130. The maximum atomic E-state index is 11.8. The quantitative estimate of drug-likeness (QED) is 0.830. The predicted molar refractivity (Wildman–Crippen MR) is 64.8 cm³/mol. The van der Waals surface area contributed by atoms with Crippen molar-refractivity contribution >= 4 is 21.8 Å². The van der Waals surface area contributed by atoms with Crippen molar-refractivity contribution in [3.05, 3.63) is 31.5 Å². The van der Waals surface area contributed by atoms with Crippen molar-refractivity contribution in [2.24, 2.45) is 0 Å². The number of H-pyrrole nitrogens is 1. The molecule has 0 bridgehead atoms. The average Bonchev–Trinajstić information content (AvgIpc) is 2.79. The Hall–Kier alpha value is -1.37. The van der Waals surface area contributed by atoms with Gasteiger partial charge in [0.25, 0.3) is 5.56 Å². The number of nitrogens with one attached hydrogen (secondary N) is 1. The summed E-state index contributed by atoms with van der Waals surface area (Å²) in [6, 6.07) is 0. The number of carbonyl (C=O) groups excluding carboxylic acids is 1. The predicted octanol–water partition coefficient (Wildman–Crippen LogP) is -0.0785. The molecule has 17 heavy (non-hydrogen) atoms. The van der Waals surface area contributed by atoms with Gasteiger partial charge < -0.3 is 4.90 Å². The van der Waals surface area contributed by atoms with E-state index in [4.69, 9.17) is 0 Å². The fourth-order valence-electron chi connectivity index (χ4n) is 1.81. The van der Waals surface area contributed by atoms with Crippen LogP contribution in [0.2, 0.25) is 0 Å². The first-order valence-corrected chi connectivity index (χ1v) is 6.14. The maximum Gasteiger partial charge on any atom is 0.328 e. The fraction of sp³-hybridized carbons (Fsp3) is 0.500. The first kappa shape index (κ1) is 12.1. The zero-order chi connectivity index (χ0) is 12.4. The lowest BCUT2D eigenvalue weighted by atomic mass is 10.4. The van der Waals surface area contributed by atoms with Crippen LogP contribution in [0, 0.1) is 0 Å². The molecule has 0 atom stereocenters. The van der Waals surface area contributed by atoms with Crippen molar-refractivity contribution in [2.45, 2.75) is 19.4 Å². The number of rotatable bonds is 2. The summed E-state index contributed by atoms with van der Waals surface area (Å²) in [5.41, 5.74) is -1.05. The van der Waals surface area contributed by atoms with Gasteiger partial charge in [0.1, 0.15) is 6.54 Å². The highest BCUT2D eigenvalue weighted by Crippen LogP contribution is 2.08. The van der Waals surface area contributed by atoms with E-state index in [2.05, 4.69) is 20.9 Å². The molecule has 0 unspecified atom stereocenters. The molecular weight excluding hydrogens is 290 g/mol. The number of aromatic amines is 1. The van der Waals surface area contributed by atoms with Crippen LogP contribution >= 0.6 is 15.9 Å². The van der Waals surface area contributed by atoms with E-state index in [1.165, 1.54) is 10.8 Å². The van der Waals surface area contributed by atoms with Crippen molar-refractivity contribution in [1.82, 2.24) is 14.5 Å². The lowest BCUT2D eigenvalue weighted by Gasteiger charge is -2.15. The van der Waals surface area contributed by atoms with Crippen LogP contribution in [-0.4, -0.2) is 33.4 Å². The number of halogens is 1. The van der Waals surface area contributed by atoms with E-state index in [9.17, 15) is 14.4 Å². The Morgan fingerprint density at radius 3 is 2.65 bits per heavy atom. The molecule has 0 radical (unpaired) electrons. The second kappa shape index (κ2) is 4.87. The van der Waals surface area contributed by atoms with E-state index in [-0.39, 0.29) is 16.9 Å². The molecule has 1 N–H and O–H groups in total. The molecule has 6 nitrogen and oxygen atoms in total. The molecular formula is C10H12BrN3O3. The normalized spacial score (nSPS) is 15.2. The van der Waals surface area contributed by atoms with Gasteiger partial charge in [0.05, 0.1) is 4.47 Å². The second-order valence-electron chi connectivity index (χ2n) is 3.95. The Labute approximate surface area is 105 Å². The van der Waals surface area contributed by atoms with Crippen molar-refractivity contribution in [1.29, 1.82) is 0 Å². The molecule has 1 saturated heterocycles. The number of nitrogens with zero attached hydrogens (tertiary/aromatic N) is 2. The molecule has 0 saturated carbocycles. The molecule has 0 aromatic carbocycles. The Kier molecular flexibility index (Phi) is 3.46. The summed E-state index contributed by atoms with van der Waals surface area (Å²) in [5.74, 6) is -0.0939. The summed E-state index contributed by atoms with van der Waals surface area (Å²) in [6.07, 6.45) is 3.36. The monoisotopic (exact) mass is 301 g/mol. The molecule has 0 aliphatic carbocycles. The SMILES string of the molecule is O=C(Cn1cc(Br)c(=O)[nH]c1=O)N1CCCC1. The summed E-state index contributed by atoms with van der Waals surface area (Å²) in [4.78, 5) is 38.3. The van der Waals surface area contributed by atoms with E-state index >= 15 is 0 Å². The lowest BCUT2D eigenvalue weighted by Crippen LogP contribution is -2.37. The molecule has 7 heteroatoms. The molecule has 1 aliphatic rings. The third-order valence-corrected chi connectivity index (χ3v) is 3.30. The largest absolute Gasteiger partial charge is 0.341 e. The van der Waals surface area contributed by atoms with E-state index in [1.807, 2.05) is 0 Å². The van der Waals surface area contributed by atoms with Gasteiger partial charge in [-0.3, -0.25) is 19.1 Å². The topological polar surface area (TPSA) is 75.2 Å². The van der Waals surface area contributed by atoms with Gasteiger partial charge in [-0.25, -0.2) is 4.79 Å². The molecule has 1 aliphatic heterocycles. The van der Waals surface area contributed by atoms with Gasteiger partial charge in [0.15, 0.2) is 0 Å². The molecule has 2 rings (SSSR count). The summed E-state index contributed by atoms with van der Waals surface area (Å²) in [7, 11) is 0. The molecule has 0 spiro atoms. The standard InChI is InChI=1S/C10H12BrN3O3/c11-7-5-14(10(17)12-9(7)16)6-8(15)13-3-1-2-4-13/h5H,1-4,6H2,(H,12,16,17). The summed E-state index contributed by atoms with van der Waals surface area (Å²) in [6.45, 7) is 1.46. The van der Waals surface area contributed by atoms with Crippen molar-refractivity contribution in [2.75, 3.05) is 13.1 Å². The van der Waals surface area contributed by atoms with Crippen LogP contribution in [0.4, 0.5) is 0 Å². The molecule has 1 amide bonds. The van der Waals surface area contributed by atoms with Crippen LogP contribution in [0.3, 0.4) is 0 Å². The number of amides is 1. The minimum absolute atomic E-state index is 0.0335. The smallest absolute Gasteiger partial charge is 0.328 e. The Balaban J connectivity index is 2.18. The fourth-order valence-corrected chi connectivity index (χ4v) is 2.16. The zero-order valence-corrected chi connectivity index (χ0v) is 10.7. The Morgan fingerprint density at radius 1 is 1.35 bits per heavy atom. The number of likely N-dealkylation sites (tertiary alicyclic amines) is 1. The van der Waals surface area contributed by atoms with Gasteiger partial charge in [-0.15, -0.1) is 0 Å². The van der Waals surface area contributed by atoms with Crippen molar-refractivity contribution < 1.29 is 4.79 Å². The van der Waals surface area contributed by atoms with Gasteiger partial charge in [0, 0.05) is 19.3 Å². The highest BCUT2D eigenvalue weighted by atomic mass is 79.9. The first-order valence-electron chi connectivity index (χ1n) is 5.35. The van der Waals surface area contributed by atoms with Gasteiger partial charge in [0.2, 0.25) is 5.91 Å². The van der Waals surface area contributed by atoms with Crippen molar-refractivity contribution in [3.8, 4) is 0 Å². The molecule has 1 aromatic rings. The summed E-state index contributed by atoms with van der Waals surface area (Å²) >= 11 is 3.03. The highest BCUT2D eigenvalue weighted by molar-refractivity contribution is 9.10. The summed E-state index contributed by atoms with van der Waals surface area (Å²) < 4.78 is 1.44. The van der Waals surface area contributed by atoms with Gasteiger partial charge in [-0.1, -0.05) is 0 Å². The Morgan fingerprint density at radius 2 is 2.00 bits per heavy atom. The van der Waals surface area contributed by atoms with Crippen LogP contribution in [0.1, 0.15) is 12.8 Å². The Bertz CT molecular complexity index is 542. The van der Waals surface area contributed by atoms with Gasteiger partial charge in [-0.2, -0.15) is 0 Å².